The highest BCUT2D eigenvalue weighted by Gasteiger charge is 2.34. The molecule has 1 aromatic heterocycles. The molecule has 0 bridgehead atoms. The molecule has 0 radical (unpaired) electrons. The van der Waals surface area contributed by atoms with Gasteiger partial charge in [-0.1, -0.05) is 66.7 Å². The van der Waals surface area contributed by atoms with Crippen molar-refractivity contribution in [1.82, 2.24) is 14.6 Å². The minimum atomic E-state index is -3.78. The van der Waals surface area contributed by atoms with Crippen molar-refractivity contribution in [3.05, 3.63) is 107 Å². The first kappa shape index (κ1) is 28.9. The number of para-hydroxylation sites is 1. The third-order valence-corrected chi connectivity index (χ3v) is 9.36. The Bertz CT molecular complexity index is 1610. The molecule has 42 heavy (non-hydrogen) atoms. The van der Waals surface area contributed by atoms with E-state index in [9.17, 15) is 18.6 Å². The average Bonchev–Trinajstić information content (AvgIpc) is 3.44. The number of hydrogen-bond acceptors (Lipinski definition) is 8. The number of likely N-dealkylation sites (tertiary alicyclic amines) is 1. The number of nitrogens with zero attached hydrogens (tertiary/aromatic N) is 2. The number of rotatable bonds is 9. The Morgan fingerprint density at radius 3 is 2.40 bits per heavy atom. The summed E-state index contributed by atoms with van der Waals surface area (Å²) in [5.41, 5.74) is 3.93. The van der Waals surface area contributed by atoms with Crippen LogP contribution in [0.25, 0.3) is 10.9 Å². The lowest BCUT2D eigenvalue weighted by molar-refractivity contribution is -0.252. The SMILES string of the molecule is O=S(=O)(NCc1ccc(C2O[C@H](CN3CC[C@@H](O)C3)C[C@H](c3ccc(CO)cc3)O2)cc1)c1cccc2cccnc12. The van der Waals surface area contributed by atoms with Crippen LogP contribution in [0.15, 0.2) is 90.0 Å². The molecule has 3 N–H and O–H groups in total. The van der Waals surface area contributed by atoms with Crippen LogP contribution in [-0.2, 0) is 32.6 Å². The van der Waals surface area contributed by atoms with E-state index in [1.54, 1.807) is 24.4 Å². The topological polar surface area (TPSA) is 121 Å². The van der Waals surface area contributed by atoms with Crippen LogP contribution in [0.1, 0.15) is 47.5 Å². The Labute approximate surface area is 245 Å². The van der Waals surface area contributed by atoms with Crippen LogP contribution < -0.4 is 4.72 Å². The van der Waals surface area contributed by atoms with Gasteiger partial charge in [-0.25, -0.2) is 13.1 Å². The summed E-state index contributed by atoms with van der Waals surface area (Å²) in [7, 11) is -3.78. The number of β-amino-alcohol motifs (C(OH)–C–C–N with tert-alkyl or cyclic N) is 1. The van der Waals surface area contributed by atoms with E-state index in [-0.39, 0.29) is 36.4 Å². The maximum absolute atomic E-state index is 13.1. The summed E-state index contributed by atoms with van der Waals surface area (Å²) in [4.78, 5) is 6.65. The number of sulfonamides is 1. The van der Waals surface area contributed by atoms with E-state index < -0.39 is 16.3 Å². The fraction of sp³-hybridized carbons (Fsp3) is 0.344. The van der Waals surface area contributed by atoms with Gasteiger partial charge in [-0.05, 0) is 35.2 Å². The van der Waals surface area contributed by atoms with Crippen LogP contribution in [0.5, 0.6) is 0 Å². The lowest BCUT2D eigenvalue weighted by Crippen LogP contribution is -2.38. The van der Waals surface area contributed by atoms with Crippen molar-refractivity contribution in [2.75, 3.05) is 19.6 Å². The Kier molecular flexibility index (Phi) is 8.64. The van der Waals surface area contributed by atoms with Crippen molar-refractivity contribution in [2.24, 2.45) is 0 Å². The molecule has 1 unspecified atom stereocenters. The summed E-state index contributed by atoms with van der Waals surface area (Å²) in [6.07, 6.45) is 1.82. The van der Waals surface area contributed by atoms with E-state index in [4.69, 9.17) is 9.47 Å². The third kappa shape index (κ3) is 6.55. The molecule has 0 aliphatic carbocycles. The van der Waals surface area contributed by atoms with E-state index in [1.165, 1.54) is 0 Å². The van der Waals surface area contributed by atoms with E-state index in [0.29, 0.717) is 25.0 Å². The maximum atomic E-state index is 13.1. The Morgan fingerprint density at radius 1 is 0.929 bits per heavy atom. The number of aliphatic hydroxyl groups excluding tert-OH is 2. The number of aromatic nitrogens is 1. The highest BCUT2D eigenvalue weighted by molar-refractivity contribution is 7.89. The summed E-state index contributed by atoms with van der Waals surface area (Å²) in [5, 5.41) is 20.2. The van der Waals surface area contributed by atoms with Gasteiger partial charge < -0.3 is 19.7 Å². The molecule has 2 fully saturated rings. The Morgan fingerprint density at radius 2 is 1.67 bits per heavy atom. The van der Waals surface area contributed by atoms with Gasteiger partial charge in [-0.3, -0.25) is 9.88 Å². The molecule has 0 amide bonds. The van der Waals surface area contributed by atoms with Crippen molar-refractivity contribution in [2.45, 2.75) is 55.5 Å². The molecule has 3 aromatic carbocycles. The first-order valence-corrected chi connectivity index (χ1v) is 15.7. The molecule has 0 spiro atoms. The molecule has 4 atom stereocenters. The molecule has 2 aliphatic heterocycles. The number of benzene rings is 3. The van der Waals surface area contributed by atoms with Gasteiger partial charge in [0.05, 0.1) is 30.4 Å². The Balaban J connectivity index is 1.16. The number of pyridine rings is 1. The van der Waals surface area contributed by atoms with Gasteiger partial charge in [0.25, 0.3) is 0 Å². The first-order valence-electron chi connectivity index (χ1n) is 14.2. The molecule has 0 saturated carbocycles. The van der Waals surface area contributed by atoms with Crippen LogP contribution in [0, 0.1) is 0 Å². The van der Waals surface area contributed by atoms with Crippen molar-refractivity contribution < 1.29 is 28.1 Å². The molecule has 2 aliphatic rings. The molecule has 220 valence electrons. The van der Waals surface area contributed by atoms with Gasteiger partial charge in [-0.2, -0.15) is 0 Å². The van der Waals surface area contributed by atoms with Crippen molar-refractivity contribution in [3.8, 4) is 0 Å². The molecule has 3 heterocycles. The fourth-order valence-corrected chi connectivity index (χ4v) is 6.84. The number of ether oxygens (including phenoxy) is 2. The van der Waals surface area contributed by atoms with Crippen molar-refractivity contribution >= 4 is 20.9 Å². The minimum absolute atomic E-state index is 0.0151. The molecule has 4 aromatic rings. The monoisotopic (exact) mass is 589 g/mol. The van der Waals surface area contributed by atoms with Crippen molar-refractivity contribution in [3.63, 3.8) is 0 Å². The zero-order valence-corrected chi connectivity index (χ0v) is 24.0. The van der Waals surface area contributed by atoms with Gasteiger partial charge in [0, 0.05) is 49.7 Å². The summed E-state index contributed by atoms with van der Waals surface area (Å²) >= 11 is 0. The highest BCUT2D eigenvalue weighted by atomic mass is 32.2. The van der Waals surface area contributed by atoms with Gasteiger partial charge in [-0.15, -0.1) is 0 Å². The van der Waals surface area contributed by atoms with Crippen LogP contribution in [-0.4, -0.2) is 60.4 Å². The molecule has 9 nitrogen and oxygen atoms in total. The van der Waals surface area contributed by atoms with Gasteiger partial charge in [0.2, 0.25) is 10.0 Å². The lowest BCUT2D eigenvalue weighted by atomic mass is 9.99. The predicted octanol–water partition coefficient (Wildman–Crippen LogP) is 3.82. The van der Waals surface area contributed by atoms with Crippen LogP contribution in [0.2, 0.25) is 0 Å². The summed E-state index contributed by atoms with van der Waals surface area (Å²) in [5.74, 6) is 0. The third-order valence-electron chi connectivity index (χ3n) is 7.93. The predicted molar refractivity (Wildman–Crippen MR) is 158 cm³/mol. The van der Waals surface area contributed by atoms with Crippen LogP contribution in [0.3, 0.4) is 0 Å². The molecule has 10 heteroatoms. The number of nitrogens with one attached hydrogen (secondary N) is 1. The normalized spacial score (nSPS) is 23.4. The zero-order valence-electron chi connectivity index (χ0n) is 23.2. The minimum Gasteiger partial charge on any atom is -0.392 e. The summed E-state index contributed by atoms with van der Waals surface area (Å²) in [6, 6.07) is 24.0. The second kappa shape index (κ2) is 12.6. The van der Waals surface area contributed by atoms with E-state index in [1.807, 2.05) is 60.7 Å². The zero-order chi connectivity index (χ0) is 29.1. The van der Waals surface area contributed by atoms with E-state index >= 15 is 0 Å². The number of fused-ring (bicyclic) bond motifs is 1. The van der Waals surface area contributed by atoms with Crippen molar-refractivity contribution in [1.29, 1.82) is 0 Å². The second-order valence-electron chi connectivity index (χ2n) is 10.9. The molecule has 2 saturated heterocycles. The van der Waals surface area contributed by atoms with E-state index in [2.05, 4.69) is 14.6 Å². The van der Waals surface area contributed by atoms with Gasteiger partial charge in [0.15, 0.2) is 6.29 Å². The summed E-state index contributed by atoms with van der Waals surface area (Å²) in [6.45, 7) is 2.28. The second-order valence-corrected chi connectivity index (χ2v) is 12.7. The smallest absolute Gasteiger partial charge is 0.243 e. The maximum Gasteiger partial charge on any atom is 0.243 e. The number of aliphatic hydroxyl groups is 2. The molecular weight excluding hydrogens is 554 g/mol. The highest BCUT2D eigenvalue weighted by Crippen LogP contribution is 2.38. The standard InChI is InChI=1S/C32H35N3O6S/c36-21-23-8-10-24(11-9-23)29-17-28(20-35-16-14-27(37)19-35)40-32(41-29)26-12-6-22(7-13-26)18-34-42(38,39)30-5-1-3-25-4-2-15-33-31(25)30/h1-13,15,27-29,32,34,36-37H,14,16-21H2/t27-,28+,29-,32?/m1/s1. The number of hydrogen-bond donors (Lipinski definition) is 3. The first-order chi connectivity index (χ1) is 20.4. The van der Waals surface area contributed by atoms with E-state index in [0.717, 1.165) is 40.6 Å². The van der Waals surface area contributed by atoms with Gasteiger partial charge in [0.1, 0.15) is 4.90 Å². The Hall–Kier alpha value is -3.22. The summed E-state index contributed by atoms with van der Waals surface area (Å²) < 4.78 is 41.8. The van der Waals surface area contributed by atoms with Crippen LogP contribution >= 0.6 is 0 Å². The quantitative estimate of drug-likeness (QED) is 0.270. The molecule has 6 rings (SSSR count). The fourth-order valence-electron chi connectivity index (χ4n) is 5.64. The van der Waals surface area contributed by atoms with Gasteiger partial charge >= 0.3 is 0 Å². The lowest BCUT2D eigenvalue weighted by Gasteiger charge is -2.37. The largest absolute Gasteiger partial charge is 0.392 e. The molecular formula is C32H35N3O6S. The van der Waals surface area contributed by atoms with Crippen LogP contribution in [0.4, 0.5) is 0 Å². The average molecular weight is 590 g/mol.